The van der Waals surface area contributed by atoms with Crippen molar-refractivity contribution in [2.75, 3.05) is 5.32 Å². The van der Waals surface area contributed by atoms with Crippen LogP contribution in [0.4, 0.5) is 5.69 Å². The Hall–Kier alpha value is -2.87. The molecular weight excluding hydrogens is 306 g/mol. The first-order valence-electron chi connectivity index (χ1n) is 8.74. The van der Waals surface area contributed by atoms with Crippen molar-refractivity contribution in [3.63, 3.8) is 0 Å². The summed E-state index contributed by atoms with van der Waals surface area (Å²) >= 11 is 0. The maximum absolute atomic E-state index is 12.6. The monoisotopic (exact) mass is 329 g/mol. The number of rotatable bonds is 5. The van der Waals surface area contributed by atoms with E-state index in [9.17, 15) is 4.79 Å². The van der Waals surface area contributed by atoms with Crippen LogP contribution in [0.1, 0.15) is 42.1 Å². The Bertz CT molecular complexity index is 837. The molecule has 0 unspecified atom stereocenters. The van der Waals surface area contributed by atoms with Crippen molar-refractivity contribution in [2.45, 2.75) is 26.2 Å². The maximum Gasteiger partial charge on any atom is 0.255 e. The van der Waals surface area contributed by atoms with Gasteiger partial charge in [0, 0.05) is 11.3 Å². The van der Waals surface area contributed by atoms with Gasteiger partial charge in [-0.3, -0.25) is 4.79 Å². The Balaban J connectivity index is 1.78. The first-order valence-corrected chi connectivity index (χ1v) is 8.74. The number of carbonyl (C=O) groups is 1. The third-order valence-electron chi connectivity index (χ3n) is 4.61. The Morgan fingerprint density at radius 3 is 2.12 bits per heavy atom. The number of amides is 1. The lowest BCUT2D eigenvalue weighted by Crippen LogP contribution is -2.13. The van der Waals surface area contributed by atoms with Crippen LogP contribution in [-0.4, -0.2) is 5.91 Å². The average Bonchev–Trinajstić information content (AvgIpc) is 2.68. The molecule has 2 nitrogen and oxygen atoms in total. The second-order valence-corrected chi connectivity index (χ2v) is 6.29. The normalized spacial score (nSPS) is 11.8. The lowest BCUT2D eigenvalue weighted by molar-refractivity contribution is 0.102. The number of para-hydroxylation sites is 1. The molecule has 0 fully saturated rings. The zero-order valence-corrected chi connectivity index (χ0v) is 14.7. The molecule has 1 N–H and O–H groups in total. The molecule has 0 aliphatic heterocycles. The molecule has 2 heteroatoms. The van der Waals surface area contributed by atoms with Crippen molar-refractivity contribution in [1.82, 2.24) is 0 Å². The minimum atomic E-state index is -0.0737. The van der Waals surface area contributed by atoms with Gasteiger partial charge in [0.25, 0.3) is 5.91 Å². The van der Waals surface area contributed by atoms with Crippen LogP contribution >= 0.6 is 0 Å². The Labute approximate surface area is 149 Å². The van der Waals surface area contributed by atoms with E-state index in [1.54, 1.807) is 0 Å². The Morgan fingerprint density at radius 1 is 0.840 bits per heavy atom. The fourth-order valence-corrected chi connectivity index (χ4v) is 2.90. The molecule has 126 valence electrons. The van der Waals surface area contributed by atoms with Gasteiger partial charge in [0.1, 0.15) is 0 Å². The molecular formula is C23H23NO. The van der Waals surface area contributed by atoms with Crippen LogP contribution in [0.15, 0.2) is 78.9 Å². The summed E-state index contributed by atoms with van der Waals surface area (Å²) in [6.07, 6.45) is 1.04. The van der Waals surface area contributed by atoms with Crippen molar-refractivity contribution in [2.24, 2.45) is 0 Å². The number of anilines is 1. The molecule has 0 radical (unpaired) electrons. The molecule has 1 amide bonds. The third kappa shape index (κ3) is 3.97. The van der Waals surface area contributed by atoms with Gasteiger partial charge in [-0.15, -0.1) is 0 Å². The van der Waals surface area contributed by atoms with E-state index >= 15 is 0 Å². The van der Waals surface area contributed by atoms with Crippen LogP contribution in [-0.2, 0) is 0 Å². The van der Waals surface area contributed by atoms with Crippen molar-refractivity contribution >= 4 is 11.6 Å². The molecule has 0 saturated heterocycles. The van der Waals surface area contributed by atoms with Crippen LogP contribution in [0, 0.1) is 0 Å². The molecule has 1 atom stereocenters. The van der Waals surface area contributed by atoms with Gasteiger partial charge in [0.2, 0.25) is 0 Å². The van der Waals surface area contributed by atoms with Crippen molar-refractivity contribution in [3.8, 4) is 11.1 Å². The van der Waals surface area contributed by atoms with Gasteiger partial charge in [-0.2, -0.15) is 0 Å². The average molecular weight is 329 g/mol. The molecule has 25 heavy (non-hydrogen) atoms. The zero-order chi connectivity index (χ0) is 17.6. The number of hydrogen-bond acceptors (Lipinski definition) is 1. The van der Waals surface area contributed by atoms with Crippen molar-refractivity contribution < 1.29 is 4.79 Å². The zero-order valence-electron chi connectivity index (χ0n) is 14.7. The molecule has 0 spiro atoms. The van der Waals surface area contributed by atoms with Gasteiger partial charge in [0.05, 0.1) is 0 Å². The fourth-order valence-electron chi connectivity index (χ4n) is 2.90. The standard InChI is InChI=1S/C23H23NO/c1-3-17(2)21-11-7-8-12-22(21)24-23(25)20-15-13-19(14-16-20)18-9-5-4-6-10-18/h4-17H,3H2,1-2H3,(H,24,25)/t17-/m0/s1. The molecule has 3 rings (SSSR count). The SMILES string of the molecule is CC[C@H](C)c1ccccc1NC(=O)c1ccc(-c2ccccc2)cc1. The number of carbonyl (C=O) groups excluding carboxylic acids is 1. The van der Waals surface area contributed by atoms with E-state index in [0.717, 1.165) is 23.2 Å². The van der Waals surface area contributed by atoms with E-state index in [-0.39, 0.29) is 5.91 Å². The van der Waals surface area contributed by atoms with Crippen LogP contribution in [0.2, 0.25) is 0 Å². The van der Waals surface area contributed by atoms with Crippen LogP contribution in [0.3, 0.4) is 0 Å². The van der Waals surface area contributed by atoms with Crippen LogP contribution < -0.4 is 5.32 Å². The summed E-state index contributed by atoms with van der Waals surface area (Å²) in [6, 6.07) is 25.9. The molecule has 3 aromatic carbocycles. The predicted octanol–water partition coefficient (Wildman–Crippen LogP) is 6.12. The van der Waals surface area contributed by atoms with Gasteiger partial charge < -0.3 is 5.32 Å². The summed E-state index contributed by atoms with van der Waals surface area (Å²) in [5.41, 5.74) is 5.00. The van der Waals surface area contributed by atoms with Gasteiger partial charge in [-0.05, 0) is 47.2 Å². The molecule has 0 aliphatic carbocycles. The largest absolute Gasteiger partial charge is 0.322 e. The minimum Gasteiger partial charge on any atom is -0.322 e. The van der Waals surface area contributed by atoms with Crippen molar-refractivity contribution in [1.29, 1.82) is 0 Å². The summed E-state index contributed by atoms with van der Waals surface area (Å²) in [5, 5.41) is 3.06. The lowest BCUT2D eigenvalue weighted by atomic mass is 9.96. The second-order valence-electron chi connectivity index (χ2n) is 6.29. The first-order chi connectivity index (χ1) is 12.2. The Morgan fingerprint density at radius 2 is 1.44 bits per heavy atom. The summed E-state index contributed by atoms with van der Waals surface area (Å²) in [5.74, 6) is 0.340. The lowest BCUT2D eigenvalue weighted by Gasteiger charge is -2.15. The van der Waals surface area contributed by atoms with E-state index in [4.69, 9.17) is 0 Å². The highest BCUT2D eigenvalue weighted by Gasteiger charge is 2.12. The predicted molar refractivity (Wildman–Crippen MR) is 105 cm³/mol. The number of hydrogen-bond donors (Lipinski definition) is 1. The van der Waals surface area contributed by atoms with E-state index in [1.807, 2.05) is 60.7 Å². The summed E-state index contributed by atoms with van der Waals surface area (Å²) in [4.78, 5) is 12.6. The molecule has 0 aliphatic rings. The first kappa shape index (κ1) is 17.0. The van der Waals surface area contributed by atoms with Crippen LogP contribution in [0.25, 0.3) is 11.1 Å². The maximum atomic E-state index is 12.6. The molecule has 0 bridgehead atoms. The van der Waals surface area contributed by atoms with E-state index in [1.165, 1.54) is 5.56 Å². The molecule has 0 heterocycles. The second kappa shape index (κ2) is 7.80. The third-order valence-corrected chi connectivity index (χ3v) is 4.61. The van der Waals surface area contributed by atoms with Gasteiger partial charge in [-0.25, -0.2) is 0 Å². The highest BCUT2D eigenvalue weighted by atomic mass is 16.1. The Kier molecular flexibility index (Phi) is 5.30. The highest BCUT2D eigenvalue weighted by Crippen LogP contribution is 2.27. The van der Waals surface area contributed by atoms with E-state index in [0.29, 0.717) is 11.5 Å². The summed E-state index contributed by atoms with van der Waals surface area (Å²) < 4.78 is 0. The number of benzene rings is 3. The highest BCUT2D eigenvalue weighted by molar-refractivity contribution is 6.04. The molecule has 0 saturated carbocycles. The van der Waals surface area contributed by atoms with Crippen LogP contribution in [0.5, 0.6) is 0 Å². The topological polar surface area (TPSA) is 29.1 Å². The fraction of sp³-hybridized carbons (Fsp3) is 0.174. The quantitative estimate of drug-likeness (QED) is 0.600. The van der Waals surface area contributed by atoms with Gasteiger partial charge in [-0.1, -0.05) is 74.5 Å². The van der Waals surface area contributed by atoms with Crippen molar-refractivity contribution in [3.05, 3.63) is 90.0 Å². The van der Waals surface area contributed by atoms with E-state index in [2.05, 4.69) is 37.4 Å². The molecule has 0 aromatic heterocycles. The number of nitrogens with one attached hydrogen (secondary N) is 1. The van der Waals surface area contributed by atoms with E-state index < -0.39 is 0 Å². The van der Waals surface area contributed by atoms with Gasteiger partial charge >= 0.3 is 0 Å². The molecule has 3 aromatic rings. The summed E-state index contributed by atoms with van der Waals surface area (Å²) in [6.45, 7) is 4.34. The van der Waals surface area contributed by atoms with Gasteiger partial charge in [0.15, 0.2) is 0 Å². The smallest absolute Gasteiger partial charge is 0.255 e. The minimum absolute atomic E-state index is 0.0737. The summed E-state index contributed by atoms with van der Waals surface area (Å²) in [7, 11) is 0.